The molecule has 0 radical (unpaired) electrons. The first-order valence-electron chi connectivity index (χ1n) is 5.79. The van der Waals surface area contributed by atoms with Crippen LogP contribution in [0.4, 0.5) is 0 Å². The minimum atomic E-state index is -0.382. The molecular weight excluding hydrogens is 248 g/mol. The average Bonchev–Trinajstić information content (AvgIpc) is 3.04. The van der Waals surface area contributed by atoms with Gasteiger partial charge in [0, 0.05) is 6.54 Å². The molecule has 18 heavy (non-hydrogen) atoms. The highest BCUT2D eigenvalue weighted by Crippen LogP contribution is 2.22. The molecule has 0 unspecified atom stereocenters. The number of carbonyl (C=O) groups is 2. The Morgan fingerprint density at radius 3 is 3.11 bits per heavy atom. The largest absolute Gasteiger partial charge is 0.343 e. The number of terminal acetylenes is 1. The second-order valence-electron chi connectivity index (χ2n) is 4.06. The molecule has 0 aromatic carbocycles. The number of nitrogens with one attached hydrogen (secondary N) is 1. The van der Waals surface area contributed by atoms with Gasteiger partial charge in [-0.25, -0.2) is 0 Å². The molecule has 2 rings (SSSR count). The lowest BCUT2D eigenvalue weighted by Gasteiger charge is -2.23. The van der Waals surface area contributed by atoms with E-state index < -0.39 is 0 Å². The molecule has 5 heteroatoms. The molecule has 94 valence electrons. The molecule has 2 heterocycles. The van der Waals surface area contributed by atoms with Gasteiger partial charge < -0.3 is 10.2 Å². The number of amides is 2. The molecular formula is C13H14N2O2S. The maximum Gasteiger partial charge on any atom is 0.264 e. The fraction of sp³-hybridized carbons (Fsp3) is 0.385. The number of nitrogens with zero attached hydrogens (tertiary/aromatic N) is 1. The van der Waals surface area contributed by atoms with Gasteiger partial charge in [-0.05, 0) is 24.3 Å². The summed E-state index contributed by atoms with van der Waals surface area (Å²) < 4.78 is 0. The van der Waals surface area contributed by atoms with Gasteiger partial charge in [0.05, 0.1) is 11.4 Å². The molecule has 0 spiro atoms. The number of hydrogen-bond donors (Lipinski definition) is 1. The fourth-order valence-electron chi connectivity index (χ4n) is 2.08. The first-order valence-corrected chi connectivity index (χ1v) is 6.67. The normalized spacial score (nSPS) is 18.4. The molecule has 2 amide bonds. The maximum atomic E-state index is 12.2. The molecule has 1 fully saturated rings. The summed E-state index contributed by atoms with van der Waals surface area (Å²) in [4.78, 5) is 26.4. The Hall–Kier alpha value is -1.80. The van der Waals surface area contributed by atoms with Crippen molar-refractivity contribution in [2.75, 3.05) is 13.1 Å². The van der Waals surface area contributed by atoms with Crippen LogP contribution in [0.2, 0.25) is 0 Å². The van der Waals surface area contributed by atoms with Crippen LogP contribution < -0.4 is 5.32 Å². The van der Waals surface area contributed by atoms with Gasteiger partial charge in [0.15, 0.2) is 0 Å². The van der Waals surface area contributed by atoms with E-state index in [0.29, 0.717) is 17.8 Å². The Bertz CT molecular complexity index is 476. The second-order valence-corrected chi connectivity index (χ2v) is 5.00. The van der Waals surface area contributed by atoms with Crippen molar-refractivity contribution in [2.45, 2.75) is 18.9 Å². The number of likely N-dealkylation sites (tertiary alicyclic amines) is 1. The first-order chi connectivity index (χ1) is 8.74. The van der Waals surface area contributed by atoms with Crippen molar-refractivity contribution in [3.8, 4) is 12.3 Å². The van der Waals surface area contributed by atoms with E-state index >= 15 is 0 Å². The Labute approximate surface area is 110 Å². The highest BCUT2D eigenvalue weighted by molar-refractivity contribution is 7.12. The zero-order chi connectivity index (χ0) is 13.0. The van der Waals surface area contributed by atoms with Crippen LogP contribution in [0.25, 0.3) is 0 Å². The van der Waals surface area contributed by atoms with Crippen LogP contribution in [0.5, 0.6) is 0 Å². The lowest BCUT2D eigenvalue weighted by molar-refractivity contribution is -0.124. The predicted molar refractivity (Wildman–Crippen MR) is 70.2 cm³/mol. The molecule has 1 aliphatic heterocycles. The Kier molecular flexibility index (Phi) is 4.00. The van der Waals surface area contributed by atoms with Crippen LogP contribution in [-0.2, 0) is 4.79 Å². The third kappa shape index (κ3) is 2.54. The quantitative estimate of drug-likeness (QED) is 0.829. The van der Waals surface area contributed by atoms with Gasteiger partial charge in [-0.2, -0.15) is 0 Å². The van der Waals surface area contributed by atoms with Crippen molar-refractivity contribution in [2.24, 2.45) is 0 Å². The standard InChI is InChI=1S/C13H14N2O2S/c1-2-7-14-12(16)10-5-3-8-15(10)13(17)11-6-4-9-18-11/h1,4,6,9-10H,3,5,7-8H2,(H,14,16)/t10-/m0/s1. The van der Waals surface area contributed by atoms with E-state index in [1.807, 2.05) is 11.4 Å². The zero-order valence-corrected chi connectivity index (χ0v) is 10.7. The van der Waals surface area contributed by atoms with Crippen LogP contribution in [0.15, 0.2) is 17.5 Å². The van der Waals surface area contributed by atoms with Crippen LogP contribution in [0.1, 0.15) is 22.5 Å². The molecule has 1 atom stereocenters. The van der Waals surface area contributed by atoms with Crippen molar-refractivity contribution < 1.29 is 9.59 Å². The summed E-state index contributed by atoms with van der Waals surface area (Å²) in [6.07, 6.45) is 6.66. The summed E-state index contributed by atoms with van der Waals surface area (Å²) in [5, 5.41) is 4.50. The van der Waals surface area contributed by atoms with E-state index in [1.165, 1.54) is 11.3 Å². The van der Waals surface area contributed by atoms with Gasteiger partial charge in [-0.15, -0.1) is 17.8 Å². The highest BCUT2D eigenvalue weighted by Gasteiger charge is 2.34. The van der Waals surface area contributed by atoms with Gasteiger partial charge >= 0.3 is 0 Å². The monoisotopic (exact) mass is 262 g/mol. The summed E-state index contributed by atoms with van der Waals surface area (Å²) in [6, 6.07) is 3.23. The second kappa shape index (κ2) is 5.69. The molecule has 1 saturated heterocycles. The fourth-order valence-corrected chi connectivity index (χ4v) is 2.76. The van der Waals surface area contributed by atoms with E-state index in [-0.39, 0.29) is 24.4 Å². The summed E-state index contributed by atoms with van der Waals surface area (Å²) in [5.41, 5.74) is 0. The smallest absolute Gasteiger partial charge is 0.264 e. The first kappa shape index (κ1) is 12.7. The highest BCUT2D eigenvalue weighted by atomic mass is 32.1. The van der Waals surface area contributed by atoms with Crippen LogP contribution in [0, 0.1) is 12.3 Å². The van der Waals surface area contributed by atoms with Crippen LogP contribution in [-0.4, -0.2) is 35.8 Å². The Morgan fingerprint density at radius 1 is 1.61 bits per heavy atom. The minimum Gasteiger partial charge on any atom is -0.343 e. The third-order valence-electron chi connectivity index (χ3n) is 2.91. The van der Waals surface area contributed by atoms with Crippen LogP contribution >= 0.6 is 11.3 Å². The molecule has 0 bridgehead atoms. The summed E-state index contributed by atoms with van der Waals surface area (Å²) in [5.74, 6) is 2.14. The lowest BCUT2D eigenvalue weighted by Crippen LogP contribution is -2.45. The topological polar surface area (TPSA) is 49.4 Å². The predicted octanol–water partition coefficient (Wildman–Crippen LogP) is 1.10. The van der Waals surface area contributed by atoms with E-state index in [2.05, 4.69) is 11.2 Å². The third-order valence-corrected chi connectivity index (χ3v) is 3.77. The minimum absolute atomic E-state index is 0.0663. The van der Waals surface area contributed by atoms with Crippen molar-refractivity contribution in [3.63, 3.8) is 0 Å². The number of thiophene rings is 1. The van der Waals surface area contributed by atoms with E-state index in [9.17, 15) is 9.59 Å². The van der Waals surface area contributed by atoms with Gasteiger partial charge in [-0.3, -0.25) is 9.59 Å². The van der Waals surface area contributed by atoms with Gasteiger partial charge in [0.2, 0.25) is 5.91 Å². The molecule has 1 aromatic rings. The van der Waals surface area contributed by atoms with E-state index in [0.717, 1.165) is 6.42 Å². The van der Waals surface area contributed by atoms with E-state index in [4.69, 9.17) is 6.42 Å². The number of carbonyl (C=O) groups excluding carboxylic acids is 2. The molecule has 4 nitrogen and oxygen atoms in total. The van der Waals surface area contributed by atoms with Crippen molar-refractivity contribution in [3.05, 3.63) is 22.4 Å². The molecule has 1 N–H and O–H groups in total. The molecule has 1 aliphatic rings. The van der Waals surface area contributed by atoms with Crippen molar-refractivity contribution >= 4 is 23.2 Å². The number of rotatable bonds is 3. The summed E-state index contributed by atoms with van der Waals surface area (Å²) >= 11 is 1.39. The van der Waals surface area contributed by atoms with Crippen molar-refractivity contribution in [1.29, 1.82) is 0 Å². The lowest BCUT2D eigenvalue weighted by atomic mass is 10.2. The van der Waals surface area contributed by atoms with Gasteiger partial charge in [0.1, 0.15) is 6.04 Å². The van der Waals surface area contributed by atoms with Crippen molar-refractivity contribution in [1.82, 2.24) is 10.2 Å². The number of hydrogen-bond acceptors (Lipinski definition) is 3. The zero-order valence-electron chi connectivity index (χ0n) is 9.89. The Morgan fingerprint density at radius 2 is 2.44 bits per heavy atom. The average molecular weight is 262 g/mol. The Balaban J connectivity index is 2.06. The SMILES string of the molecule is C#CCNC(=O)[C@@H]1CCCN1C(=O)c1cccs1. The molecule has 1 aromatic heterocycles. The van der Waals surface area contributed by atoms with Gasteiger partial charge in [0.25, 0.3) is 5.91 Å². The van der Waals surface area contributed by atoms with E-state index in [1.54, 1.807) is 11.0 Å². The van der Waals surface area contributed by atoms with Crippen LogP contribution in [0.3, 0.4) is 0 Å². The molecule has 0 aliphatic carbocycles. The summed E-state index contributed by atoms with van der Waals surface area (Å²) in [7, 11) is 0. The molecule has 0 saturated carbocycles. The summed E-state index contributed by atoms with van der Waals surface area (Å²) in [6.45, 7) is 0.835. The maximum absolute atomic E-state index is 12.2. The van der Waals surface area contributed by atoms with Gasteiger partial charge in [-0.1, -0.05) is 12.0 Å².